The maximum Gasteiger partial charge on any atom is 0.261 e. The van der Waals surface area contributed by atoms with E-state index in [4.69, 9.17) is 27.9 Å². The highest BCUT2D eigenvalue weighted by atomic mass is 35.5. The summed E-state index contributed by atoms with van der Waals surface area (Å²) in [7, 11) is 0. The van der Waals surface area contributed by atoms with Crippen molar-refractivity contribution in [2.45, 2.75) is 39.4 Å². The molecule has 0 heterocycles. The molecular weight excluding hydrogens is 418 g/mol. The fraction of sp³-hybridized carbons (Fsp3) is 0.333. The summed E-state index contributed by atoms with van der Waals surface area (Å²) in [5.41, 5.74) is 0.537. The van der Waals surface area contributed by atoms with Crippen molar-refractivity contribution in [2.24, 2.45) is 0 Å². The average molecular weight is 441 g/mol. The highest BCUT2D eigenvalue weighted by Gasteiger charge is 2.28. The van der Waals surface area contributed by atoms with Gasteiger partial charge in [0.15, 0.2) is 6.61 Å². The summed E-state index contributed by atoms with van der Waals surface area (Å²) >= 11 is 12.5. The monoisotopic (exact) mass is 440 g/mol. The maximum atomic E-state index is 13.0. The molecule has 0 radical (unpaired) electrons. The summed E-state index contributed by atoms with van der Waals surface area (Å²) in [5.74, 6) is -0.803. The topological polar surface area (TPSA) is 58.6 Å². The van der Waals surface area contributed by atoms with E-state index in [9.17, 15) is 14.0 Å². The first-order valence-corrected chi connectivity index (χ1v) is 9.85. The third kappa shape index (κ3) is 6.61. The Morgan fingerprint density at radius 1 is 1.07 bits per heavy atom. The van der Waals surface area contributed by atoms with E-state index in [0.717, 1.165) is 0 Å². The second-order valence-electron chi connectivity index (χ2n) is 6.80. The number of carbonyl (C=O) groups excluding carboxylic acids is 2. The second kappa shape index (κ2) is 10.5. The molecule has 2 aromatic carbocycles. The van der Waals surface area contributed by atoms with E-state index in [1.807, 2.05) is 13.8 Å². The predicted octanol–water partition coefficient (Wildman–Crippen LogP) is 4.45. The molecule has 156 valence electrons. The zero-order valence-electron chi connectivity index (χ0n) is 16.4. The van der Waals surface area contributed by atoms with Gasteiger partial charge in [0.25, 0.3) is 5.91 Å². The number of nitrogens with zero attached hydrogens (tertiary/aromatic N) is 1. The summed E-state index contributed by atoms with van der Waals surface area (Å²) in [4.78, 5) is 26.8. The van der Waals surface area contributed by atoms with Crippen LogP contribution in [-0.2, 0) is 16.1 Å². The average Bonchev–Trinajstić information content (AvgIpc) is 2.66. The second-order valence-corrected chi connectivity index (χ2v) is 7.62. The third-order valence-electron chi connectivity index (χ3n) is 4.16. The van der Waals surface area contributed by atoms with Crippen LogP contribution < -0.4 is 10.1 Å². The zero-order valence-corrected chi connectivity index (χ0v) is 17.9. The number of benzene rings is 2. The van der Waals surface area contributed by atoms with Crippen molar-refractivity contribution in [3.8, 4) is 5.75 Å². The minimum atomic E-state index is -0.783. The Labute approximate surface area is 179 Å². The van der Waals surface area contributed by atoms with Crippen molar-refractivity contribution >= 4 is 35.0 Å². The molecule has 0 fully saturated rings. The Hall–Kier alpha value is -2.31. The van der Waals surface area contributed by atoms with Crippen LogP contribution in [-0.4, -0.2) is 35.4 Å². The molecule has 0 aliphatic rings. The van der Waals surface area contributed by atoms with Gasteiger partial charge in [0, 0.05) is 28.2 Å². The fourth-order valence-corrected chi connectivity index (χ4v) is 3.12. The molecule has 0 aliphatic carbocycles. The van der Waals surface area contributed by atoms with Gasteiger partial charge in [-0.05, 0) is 57.2 Å². The molecule has 0 unspecified atom stereocenters. The number of carbonyl (C=O) groups is 2. The quantitative estimate of drug-likeness (QED) is 0.659. The van der Waals surface area contributed by atoms with Gasteiger partial charge in [0.1, 0.15) is 17.6 Å². The van der Waals surface area contributed by atoms with E-state index in [-0.39, 0.29) is 25.1 Å². The van der Waals surface area contributed by atoms with Gasteiger partial charge >= 0.3 is 0 Å². The van der Waals surface area contributed by atoms with E-state index >= 15 is 0 Å². The SMILES string of the molecule is CC(C)NC(=O)[C@H](C)N(Cc1c(Cl)cccc1Cl)C(=O)COc1ccc(F)cc1. The lowest BCUT2D eigenvalue weighted by atomic mass is 10.1. The molecule has 2 aromatic rings. The highest BCUT2D eigenvalue weighted by molar-refractivity contribution is 6.36. The number of hydrogen-bond acceptors (Lipinski definition) is 3. The molecule has 8 heteroatoms. The van der Waals surface area contributed by atoms with Crippen molar-refractivity contribution in [3.05, 3.63) is 63.9 Å². The number of hydrogen-bond donors (Lipinski definition) is 1. The molecular formula is C21H23Cl2FN2O3. The largest absolute Gasteiger partial charge is 0.484 e. The summed E-state index contributed by atoms with van der Waals surface area (Å²) in [5, 5.41) is 3.58. The lowest BCUT2D eigenvalue weighted by molar-refractivity contribution is -0.142. The molecule has 29 heavy (non-hydrogen) atoms. The van der Waals surface area contributed by atoms with Crippen LogP contribution >= 0.6 is 23.2 Å². The van der Waals surface area contributed by atoms with Crippen molar-refractivity contribution in [3.63, 3.8) is 0 Å². The minimum absolute atomic E-state index is 0.0385. The smallest absolute Gasteiger partial charge is 0.261 e. The van der Waals surface area contributed by atoms with Crippen LogP contribution in [0, 0.1) is 5.82 Å². The van der Waals surface area contributed by atoms with Gasteiger partial charge in [-0.1, -0.05) is 29.3 Å². The summed E-state index contributed by atoms with van der Waals surface area (Å²) in [6.07, 6.45) is 0. The fourth-order valence-electron chi connectivity index (χ4n) is 2.60. The highest BCUT2D eigenvalue weighted by Crippen LogP contribution is 2.26. The van der Waals surface area contributed by atoms with Crippen LogP contribution in [0.4, 0.5) is 4.39 Å². The standard InChI is InChI=1S/C21H23Cl2FN2O3/c1-13(2)25-21(28)14(3)26(11-17-18(22)5-4-6-19(17)23)20(27)12-29-16-9-7-15(24)8-10-16/h4-10,13-14H,11-12H2,1-3H3,(H,25,28)/t14-/m0/s1. The van der Waals surface area contributed by atoms with Crippen molar-refractivity contribution in [1.29, 1.82) is 0 Å². The number of halogens is 3. The van der Waals surface area contributed by atoms with Crippen molar-refractivity contribution in [1.82, 2.24) is 10.2 Å². The first-order chi connectivity index (χ1) is 13.7. The lowest BCUT2D eigenvalue weighted by Gasteiger charge is -2.30. The van der Waals surface area contributed by atoms with Gasteiger partial charge in [-0.25, -0.2) is 4.39 Å². The Balaban J connectivity index is 2.21. The van der Waals surface area contributed by atoms with E-state index < -0.39 is 17.8 Å². The first kappa shape index (κ1) is 23.0. The van der Waals surface area contributed by atoms with Crippen LogP contribution in [0.3, 0.4) is 0 Å². The normalized spacial score (nSPS) is 11.8. The number of amides is 2. The van der Waals surface area contributed by atoms with Crippen LogP contribution in [0.5, 0.6) is 5.75 Å². The molecule has 0 spiro atoms. The zero-order chi connectivity index (χ0) is 21.6. The molecule has 0 bridgehead atoms. The predicted molar refractivity (Wildman–Crippen MR) is 112 cm³/mol. The van der Waals surface area contributed by atoms with Crippen LogP contribution in [0.15, 0.2) is 42.5 Å². The van der Waals surface area contributed by atoms with Crippen LogP contribution in [0.2, 0.25) is 10.0 Å². The van der Waals surface area contributed by atoms with Gasteiger partial charge in [-0.15, -0.1) is 0 Å². The Morgan fingerprint density at radius 2 is 1.66 bits per heavy atom. The van der Waals surface area contributed by atoms with E-state index in [1.165, 1.54) is 29.2 Å². The van der Waals surface area contributed by atoms with E-state index in [2.05, 4.69) is 5.32 Å². The van der Waals surface area contributed by atoms with Gasteiger partial charge in [-0.3, -0.25) is 9.59 Å². The molecule has 0 aromatic heterocycles. The number of ether oxygens (including phenoxy) is 1. The number of rotatable bonds is 8. The summed E-state index contributed by atoms with van der Waals surface area (Å²) in [6.45, 7) is 5.00. The summed E-state index contributed by atoms with van der Waals surface area (Å²) < 4.78 is 18.5. The third-order valence-corrected chi connectivity index (χ3v) is 4.87. The Bertz CT molecular complexity index is 839. The number of nitrogens with one attached hydrogen (secondary N) is 1. The van der Waals surface area contributed by atoms with Crippen molar-refractivity contribution < 1.29 is 18.7 Å². The van der Waals surface area contributed by atoms with Gasteiger partial charge in [-0.2, -0.15) is 0 Å². The molecule has 1 N–H and O–H groups in total. The molecule has 0 saturated heterocycles. The van der Waals surface area contributed by atoms with E-state index in [1.54, 1.807) is 25.1 Å². The summed E-state index contributed by atoms with van der Waals surface area (Å²) in [6, 6.07) is 9.49. The van der Waals surface area contributed by atoms with Gasteiger partial charge < -0.3 is 15.0 Å². The van der Waals surface area contributed by atoms with Crippen molar-refractivity contribution in [2.75, 3.05) is 6.61 Å². The maximum absolute atomic E-state index is 13.0. The molecule has 5 nitrogen and oxygen atoms in total. The lowest BCUT2D eigenvalue weighted by Crippen LogP contribution is -2.50. The minimum Gasteiger partial charge on any atom is -0.484 e. The molecule has 2 rings (SSSR count). The molecule has 1 atom stereocenters. The van der Waals surface area contributed by atoms with Crippen LogP contribution in [0.1, 0.15) is 26.3 Å². The Morgan fingerprint density at radius 3 is 2.21 bits per heavy atom. The Kier molecular flexibility index (Phi) is 8.29. The first-order valence-electron chi connectivity index (χ1n) is 9.10. The van der Waals surface area contributed by atoms with E-state index in [0.29, 0.717) is 21.4 Å². The molecule has 2 amide bonds. The molecule has 0 saturated carbocycles. The van der Waals surface area contributed by atoms with Gasteiger partial charge in [0.05, 0.1) is 0 Å². The van der Waals surface area contributed by atoms with Gasteiger partial charge in [0.2, 0.25) is 5.91 Å². The van der Waals surface area contributed by atoms with Crippen LogP contribution in [0.25, 0.3) is 0 Å². The molecule has 0 aliphatic heterocycles.